The molecule has 4 unspecified atom stereocenters. The molecule has 1 aromatic rings. The van der Waals surface area contributed by atoms with Crippen LogP contribution in [-0.2, 0) is 4.75 Å². The van der Waals surface area contributed by atoms with Crippen molar-refractivity contribution in [3.05, 3.63) is 60.7 Å². The third kappa shape index (κ3) is 1.07. The van der Waals surface area contributed by atoms with Gasteiger partial charge in [0.2, 0.25) is 0 Å². The number of allylic oxidation sites excluding steroid dienone is 1. The highest BCUT2D eigenvalue weighted by Gasteiger charge is 2.85. The molecule has 0 radical (unpaired) electrons. The molecule has 2 fully saturated rings. The molecule has 92 valence electrons. The molecule has 4 atom stereocenters. The quantitative estimate of drug-likeness (QED) is 0.674. The van der Waals surface area contributed by atoms with Crippen LogP contribution in [0.4, 0.5) is 0 Å². The molecule has 3 heteroatoms. The van der Waals surface area contributed by atoms with E-state index >= 15 is 0 Å². The van der Waals surface area contributed by atoms with Crippen LogP contribution in [0.5, 0.6) is 0 Å². The highest BCUT2D eigenvalue weighted by molar-refractivity contribution is 8.14. The molecule has 3 aliphatic rings. The lowest BCUT2D eigenvalue weighted by Gasteiger charge is -2.29. The fourth-order valence-corrected chi connectivity index (χ4v) is 6.87. The van der Waals surface area contributed by atoms with E-state index in [9.17, 15) is 5.11 Å². The summed E-state index contributed by atoms with van der Waals surface area (Å²) in [6.07, 6.45) is 7.12. The van der Waals surface area contributed by atoms with Crippen molar-refractivity contribution in [1.82, 2.24) is 0 Å². The zero-order valence-electron chi connectivity index (χ0n) is 9.87. The van der Waals surface area contributed by atoms with E-state index in [1.807, 2.05) is 30.0 Å². The number of fused-ring (bicyclic) bond motifs is 3. The second-order valence-corrected chi connectivity index (χ2v) is 8.04. The molecule has 1 aliphatic carbocycles. The largest absolute Gasteiger partial charge is 0.374 e. The third-order valence-electron chi connectivity index (χ3n) is 4.23. The molecular formula is C15H14OS2. The molecule has 0 spiro atoms. The SMILES string of the molecule is C=CCC12SC1C=CC1(O)SC12c1ccccc1. The second-order valence-electron chi connectivity index (χ2n) is 5.13. The summed E-state index contributed by atoms with van der Waals surface area (Å²) in [6, 6.07) is 10.4. The molecule has 0 aromatic heterocycles. The first-order valence-electron chi connectivity index (χ1n) is 6.15. The van der Waals surface area contributed by atoms with Gasteiger partial charge >= 0.3 is 0 Å². The molecule has 4 rings (SSSR count). The number of rotatable bonds is 3. The van der Waals surface area contributed by atoms with Gasteiger partial charge < -0.3 is 5.11 Å². The molecule has 0 amide bonds. The Kier molecular flexibility index (Phi) is 2.04. The smallest absolute Gasteiger partial charge is 0.150 e. The van der Waals surface area contributed by atoms with Crippen LogP contribution < -0.4 is 0 Å². The Balaban J connectivity index is 1.89. The lowest BCUT2D eigenvalue weighted by atomic mass is 9.75. The number of thioether (sulfide) groups is 2. The Morgan fingerprint density at radius 3 is 2.83 bits per heavy atom. The lowest BCUT2D eigenvalue weighted by molar-refractivity contribution is 0.166. The van der Waals surface area contributed by atoms with E-state index in [0.29, 0.717) is 5.25 Å². The van der Waals surface area contributed by atoms with Crippen LogP contribution in [0.1, 0.15) is 12.0 Å². The number of hydrogen-bond acceptors (Lipinski definition) is 3. The van der Waals surface area contributed by atoms with Gasteiger partial charge in [-0.2, -0.15) is 0 Å². The Hall–Kier alpha value is -0.640. The van der Waals surface area contributed by atoms with Crippen molar-refractivity contribution in [3.63, 3.8) is 0 Å². The molecule has 1 N–H and O–H groups in total. The average molecular weight is 274 g/mol. The summed E-state index contributed by atoms with van der Waals surface area (Å²) in [6.45, 7) is 3.90. The van der Waals surface area contributed by atoms with E-state index in [0.717, 1.165) is 6.42 Å². The van der Waals surface area contributed by atoms with Crippen LogP contribution in [0.25, 0.3) is 0 Å². The summed E-state index contributed by atoms with van der Waals surface area (Å²) in [7, 11) is 0. The fourth-order valence-electron chi connectivity index (χ4n) is 3.34. The highest BCUT2D eigenvalue weighted by atomic mass is 32.2. The standard InChI is InChI=1S/C15H14OS2/c1-2-9-13-12(17-13)8-10-14(16)15(13,18-14)11-6-4-3-5-7-11/h2-8,10,12,16H,1,9H2. The summed E-state index contributed by atoms with van der Waals surface area (Å²) in [5, 5.41) is 11.3. The Bertz CT molecular complexity index is 555. The van der Waals surface area contributed by atoms with Crippen molar-refractivity contribution in [2.24, 2.45) is 0 Å². The number of benzene rings is 1. The van der Waals surface area contributed by atoms with Crippen LogP contribution in [0.3, 0.4) is 0 Å². The minimum absolute atomic E-state index is 0.115. The van der Waals surface area contributed by atoms with Gasteiger partial charge in [0.25, 0.3) is 0 Å². The van der Waals surface area contributed by atoms with Gasteiger partial charge in [0.05, 0.1) is 4.75 Å². The van der Waals surface area contributed by atoms with Gasteiger partial charge in [-0.1, -0.05) is 42.5 Å². The topological polar surface area (TPSA) is 20.2 Å². The summed E-state index contributed by atoms with van der Waals surface area (Å²) in [5.41, 5.74) is 1.25. The van der Waals surface area contributed by atoms with Crippen molar-refractivity contribution in [2.45, 2.75) is 26.1 Å². The van der Waals surface area contributed by atoms with Crippen molar-refractivity contribution in [3.8, 4) is 0 Å². The maximum atomic E-state index is 10.8. The highest BCUT2D eigenvalue weighted by Crippen LogP contribution is 2.86. The van der Waals surface area contributed by atoms with Crippen LogP contribution in [0, 0.1) is 0 Å². The number of aliphatic hydroxyl groups is 1. The molecule has 0 bridgehead atoms. The van der Waals surface area contributed by atoms with Crippen LogP contribution >= 0.6 is 23.5 Å². The zero-order chi connectivity index (χ0) is 12.4. The third-order valence-corrected chi connectivity index (χ3v) is 7.83. The van der Waals surface area contributed by atoms with Crippen molar-refractivity contribution in [2.75, 3.05) is 0 Å². The normalized spacial score (nSPS) is 47.1. The van der Waals surface area contributed by atoms with E-state index < -0.39 is 4.93 Å². The fraction of sp³-hybridized carbons (Fsp3) is 0.333. The molecule has 2 heterocycles. The van der Waals surface area contributed by atoms with Gasteiger partial charge in [-0.3, -0.25) is 0 Å². The zero-order valence-corrected chi connectivity index (χ0v) is 11.5. The molecule has 1 nitrogen and oxygen atoms in total. The van der Waals surface area contributed by atoms with Crippen LogP contribution in [0.15, 0.2) is 55.1 Å². The first-order valence-corrected chi connectivity index (χ1v) is 7.84. The summed E-state index contributed by atoms with van der Waals surface area (Å²) in [5.74, 6) is 0. The average Bonchev–Trinajstić information content (AvgIpc) is 3.23. The minimum Gasteiger partial charge on any atom is -0.374 e. The van der Waals surface area contributed by atoms with Crippen molar-refractivity contribution >= 4 is 23.5 Å². The molecule has 2 aliphatic heterocycles. The van der Waals surface area contributed by atoms with Crippen molar-refractivity contribution in [1.29, 1.82) is 0 Å². The van der Waals surface area contributed by atoms with Gasteiger partial charge in [0.1, 0.15) is 4.75 Å². The molecule has 1 aromatic carbocycles. The van der Waals surface area contributed by atoms with Crippen LogP contribution in [0.2, 0.25) is 0 Å². The monoisotopic (exact) mass is 274 g/mol. The van der Waals surface area contributed by atoms with Gasteiger partial charge in [-0.15, -0.1) is 30.1 Å². The van der Waals surface area contributed by atoms with Gasteiger partial charge in [-0.25, -0.2) is 0 Å². The maximum absolute atomic E-state index is 10.8. The Labute approximate surface area is 115 Å². The maximum Gasteiger partial charge on any atom is 0.150 e. The van der Waals surface area contributed by atoms with E-state index in [2.05, 4.69) is 36.9 Å². The van der Waals surface area contributed by atoms with Gasteiger partial charge in [-0.05, 0) is 18.1 Å². The predicted octanol–water partition coefficient (Wildman–Crippen LogP) is 3.32. The van der Waals surface area contributed by atoms with E-state index in [-0.39, 0.29) is 9.49 Å². The minimum atomic E-state index is -0.711. The lowest BCUT2D eigenvalue weighted by Crippen LogP contribution is -2.40. The molecule has 0 saturated carbocycles. The Morgan fingerprint density at radius 2 is 2.11 bits per heavy atom. The molecule has 2 saturated heterocycles. The summed E-state index contributed by atoms with van der Waals surface area (Å²) >= 11 is 3.66. The first-order chi connectivity index (χ1) is 8.69. The number of hydrogen-bond donors (Lipinski definition) is 1. The van der Waals surface area contributed by atoms with Gasteiger partial charge in [0.15, 0.2) is 4.93 Å². The van der Waals surface area contributed by atoms with Gasteiger partial charge in [0, 0.05) is 5.25 Å². The molecular weight excluding hydrogens is 260 g/mol. The van der Waals surface area contributed by atoms with E-state index in [4.69, 9.17) is 0 Å². The first kappa shape index (κ1) is 11.2. The van der Waals surface area contributed by atoms with E-state index in [1.165, 1.54) is 5.56 Å². The van der Waals surface area contributed by atoms with Crippen molar-refractivity contribution < 1.29 is 5.11 Å². The predicted molar refractivity (Wildman–Crippen MR) is 78.7 cm³/mol. The summed E-state index contributed by atoms with van der Waals surface area (Å²) in [4.78, 5) is -0.711. The summed E-state index contributed by atoms with van der Waals surface area (Å²) < 4.78 is -0.0518. The second kappa shape index (κ2) is 3.27. The van der Waals surface area contributed by atoms with Crippen LogP contribution in [-0.4, -0.2) is 20.0 Å². The van der Waals surface area contributed by atoms with E-state index in [1.54, 1.807) is 11.8 Å². The molecule has 18 heavy (non-hydrogen) atoms. The Morgan fingerprint density at radius 1 is 1.33 bits per heavy atom.